The molecule has 0 radical (unpaired) electrons. The Morgan fingerprint density at radius 2 is 2.20 bits per heavy atom. The SMILES string of the molecule is Cc1ncsc1C#CC(=O)OC(C)(C)C. The first-order valence-corrected chi connectivity index (χ1v) is 5.41. The van der Waals surface area contributed by atoms with Crippen molar-refractivity contribution in [2.45, 2.75) is 33.3 Å². The van der Waals surface area contributed by atoms with Crippen LogP contribution in [0.4, 0.5) is 0 Å². The summed E-state index contributed by atoms with van der Waals surface area (Å²) in [5.41, 5.74) is 2.05. The van der Waals surface area contributed by atoms with Gasteiger partial charge in [-0.05, 0) is 33.6 Å². The number of thiazole rings is 1. The minimum atomic E-state index is -0.504. The van der Waals surface area contributed by atoms with Crippen LogP contribution in [-0.4, -0.2) is 16.6 Å². The van der Waals surface area contributed by atoms with Crippen molar-refractivity contribution in [3.8, 4) is 11.8 Å². The Balaban J connectivity index is 2.67. The molecule has 0 aliphatic rings. The number of carbonyl (C=O) groups excluding carboxylic acids is 1. The molecule has 0 saturated carbocycles. The topological polar surface area (TPSA) is 39.2 Å². The second-order valence-corrected chi connectivity index (χ2v) is 4.87. The van der Waals surface area contributed by atoms with Crippen LogP contribution < -0.4 is 0 Å². The minimum Gasteiger partial charge on any atom is -0.450 e. The molecule has 0 atom stereocenters. The van der Waals surface area contributed by atoms with Crippen LogP contribution in [0.15, 0.2) is 5.51 Å². The van der Waals surface area contributed by atoms with Gasteiger partial charge in [0.2, 0.25) is 0 Å². The van der Waals surface area contributed by atoms with Gasteiger partial charge < -0.3 is 4.74 Å². The number of aromatic nitrogens is 1. The normalized spacial score (nSPS) is 10.4. The van der Waals surface area contributed by atoms with Gasteiger partial charge in [-0.15, -0.1) is 11.3 Å². The Labute approximate surface area is 93.5 Å². The predicted molar refractivity (Wildman–Crippen MR) is 59.6 cm³/mol. The second-order valence-electron chi connectivity index (χ2n) is 4.02. The summed E-state index contributed by atoms with van der Waals surface area (Å²) in [6.45, 7) is 7.29. The number of aryl methyl sites for hydroxylation is 1. The van der Waals surface area contributed by atoms with Gasteiger partial charge in [-0.1, -0.05) is 0 Å². The highest BCUT2D eigenvalue weighted by molar-refractivity contribution is 7.10. The molecule has 3 nitrogen and oxygen atoms in total. The van der Waals surface area contributed by atoms with E-state index in [1.807, 2.05) is 27.7 Å². The molecule has 4 heteroatoms. The fraction of sp³-hybridized carbons (Fsp3) is 0.455. The number of ether oxygens (including phenoxy) is 1. The van der Waals surface area contributed by atoms with Crippen LogP contribution in [0.25, 0.3) is 0 Å². The van der Waals surface area contributed by atoms with Gasteiger partial charge in [0.05, 0.1) is 11.2 Å². The molecule has 0 spiro atoms. The summed E-state index contributed by atoms with van der Waals surface area (Å²) in [4.78, 5) is 16.1. The quantitative estimate of drug-likeness (QED) is 0.499. The van der Waals surface area contributed by atoms with Crippen LogP contribution >= 0.6 is 11.3 Å². The number of nitrogens with zero attached hydrogens (tertiary/aromatic N) is 1. The van der Waals surface area contributed by atoms with E-state index in [2.05, 4.69) is 16.8 Å². The molecule has 0 amide bonds. The monoisotopic (exact) mass is 223 g/mol. The van der Waals surface area contributed by atoms with Crippen molar-refractivity contribution in [2.24, 2.45) is 0 Å². The lowest BCUT2D eigenvalue weighted by Gasteiger charge is -2.16. The number of hydrogen-bond donors (Lipinski definition) is 0. The van der Waals surface area contributed by atoms with Crippen molar-refractivity contribution < 1.29 is 9.53 Å². The van der Waals surface area contributed by atoms with Crippen LogP contribution in [0.3, 0.4) is 0 Å². The molecule has 0 bridgehead atoms. The summed E-state index contributed by atoms with van der Waals surface area (Å²) in [6.07, 6.45) is 0. The number of rotatable bonds is 0. The van der Waals surface area contributed by atoms with Crippen molar-refractivity contribution in [1.29, 1.82) is 0 Å². The molecule has 1 aromatic rings. The maximum Gasteiger partial charge on any atom is 0.385 e. The average Bonchev–Trinajstić information content (AvgIpc) is 2.44. The molecule has 0 unspecified atom stereocenters. The lowest BCUT2D eigenvalue weighted by Crippen LogP contribution is -2.22. The van der Waals surface area contributed by atoms with Gasteiger partial charge in [-0.2, -0.15) is 0 Å². The highest BCUT2D eigenvalue weighted by atomic mass is 32.1. The van der Waals surface area contributed by atoms with Crippen molar-refractivity contribution in [3.63, 3.8) is 0 Å². The summed E-state index contributed by atoms with van der Waals surface area (Å²) in [5, 5.41) is 0. The molecule has 1 aromatic heterocycles. The Bertz CT molecular complexity index is 418. The van der Waals surface area contributed by atoms with E-state index in [9.17, 15) is 4.79 Å². The van der Waals surface area contributed by atoms with Gasteiger partial charge in [-0.25, -0.2) is 9.78 Å². The van der Waals surface area contributed by atoms with E-state index in [4.69, 9.17) is 4.74 Å². The van der Waals surface area contributed by atoms with E-state index in [0.29, 0.717) is 0 Å². The molecule has 1 rings (SSSR count). The molecular formula is C11H13NO2S. The zero-order chi connectivity index (χ0) is 11.5. The maximum atomic E-state index is 11.3. The summed E-state index contributed by atoms with van der Waals surface area (Å²) in [7, 11) is 0. The smallest absolute Gasteiger partial charge is 0.385 e. The third-order valence-corrected chi connectivity index (χ3v) is 2.27. The Kier molecular flexibility index (Phi) is 3.48. The zero-order valence-electron chi connectivity index (χ0n) is 9.25. The highest BCUT2D eigenvalue weighted by Crippen LogP contribution is 2.10. The molecule has 0 saturated heterocycles. The molecular weight excluding hydrogens is 210 g/mol. The van der Waals surface area contributed by atoms with Gasteiger partial charge in [0.25, 0.3) is 0 Å². The van der Waals surface area contributed by atoms with E-state index in [0.717, 1.165) is 10.6 Å². The van der Waals surface area contributed by atoms with Crippen molar-refractivity contribution in [3.05, 3.63) is 16.1 Å². The fourth-order valence-electron chi connectivity index (χ4n) is 0.833. The van der Waals surface area contributed by atoms with E-state index < -0.39 is 11.6 Å². The summed E-state index contributed by atoms with van der Waals surface area (Å²) < 4.78 is 5.05. The summed E-state index contributed by atoms with van der Waals surface area (Å²) in [6, 6.07) is 0. The van der Waals surface area contributed by atoms with Crippen LogP contribution in [0.2, 0.25) is 0 Å². The number of esters is 1. The third kappa shape index (κ3) is 4.13. The van der Waals surface area contributed by atoms with Crippen molar-refractivity contribution in [1.82, 2.24) is 4.98 Å². The van der Waals surface area contributed by atoms with Crippen LogP contribution in [0, 0.1) is 18.8 Å². The van der Waals surface area contributed by atoms with Crippen LogP contribution in [0.5, 0.6) is 0 Å². The van der Waals surface area contributed by atoms with Gasteiger partial charge in [0.15, 0.2) is 0 Å². The Morgan fingerprint density at radius 1 is 1.53 bits per heavy atom. The molecule has 15 heavy (non-hydrogen) atoms. The van der Waals surface area contributed by atoms with E-state index in [1.165, 1.54) is 11.3 Å². The first-order valence-electron chi connectivity index (χ1n) is 4.53. The molecule has 0 aliphatic heterocycles. The number of carbonyl (C=O) groups is 1. The standard InChI is InChI=1S/C11H13NO2S/c1-8-9(15-7-12-8)5-6-10(13)14-11(2,3)4/h7H,1-4H3. The molecule has 1 heterocycles. The van der Waals surface area contributed by atoms with Gasteiger partial charge in [0.1, 0.15) is 10.5 Å². The zero-order valence-corrected chi connectivity index (χ0v) is 10.1. The predicted octanol–water partition coefficient (Wildman–Crippen LogP) is 2.14. The van der Waals surface area contributed by atoms with E-state index in [-0.39, 0.29) is 0 Å². The first kappa shape index (κ1) is 11.7. The largest absolute Gasteiger partial charge is 0.450 e. The van der Waals surface area contributed by atoms with E-state index >= 15 is 0 Å². The lowest BCUT2D eigenvalue weighted by atomic mass is 10.2. The molecule has 80 valence electrons. The van der Waals surface area contributed by atoms with Gasteiger partial charge >= 0.3 is 5.97 Å². The van der Waals surface area contributed by atoms with Gasteiger partial charge in [-0.3, -0.25) is 0 Å². The van der Waals surface area contributed by atoms with Crippen LogP contribution in [0.1, 0.15) is 31.3 Å². The molecule has 0 aromatic carbocycles. The average molecular weight is 223 g/mol. The minimum absolute atomic E-state index is 0.492. The molecule has 0 fully saturated rings. The molecule has 0 N–H and O–H groups in total. The van der Waals surface area contributed by atoms with Crippen molar-refractivity contribution in [2.75, 3.05) is 0 Å². The Morgan fingerprint density at radius 3 is 2.67 bits per heavy atom. The van der Waals surface area contributed by atoms with E-state index in [1.54, 1.807) is 5.51 Å². The summed E-state index contributed by atoms with van der Waals surface area (Å²) >= 11 is 1.42. The number of hydrogen-bond acceptors (Lipinski definition) is 4. The lowest BCUT2D eigenvalue weighted by molar-refractivity contribution is -0.147. The first-order chi connectivity index (χ1) is 6.88. The fourth-order valence-corrected chi connectivity index (χ4v) is 1.48. The van der Waals surface area contributed by atoms with Gasteiger partial charge in [0, 0.05) is 5.92 Å². The third-order valence-electron chi connectivity index (χ3n) is 1.42. The van der Waals surface area contributed by atoms with Crippen molar-refractivity contribution >= 4 is 17.3 Å². The highest BCUT2D eigenvalue weighted by Gasteiger charge is 2.14. The Hall–Kier alpha value is -1.34. The second kappa shape index (κ2) is 4.45. The molecule has 0 aliphatic carbocycles. The van der Waals surface area contributed by atoms with Crippen LogP contribution in [-0.2, 0) is 9.53 Å². The summed E-state index contributed by atoms with van der Waals surface area (Å²) in [5.74, 6) is 4.68. The maximum absolute atomic E-state index is 11.3.